The topological polar surface area (TPSA) is 86.7 Å². The minimum absolute atomic E-state index is 0.120. The molecule has 20 heavy (non-hydrogen) atoms. The number of carbonyl (C=O) groups is 1. The Bertz CT molecular complexity index is 590. The summed E-state index contributed by atoms with van der Waals surface area (Å²) in [5.74, 6) is -1.01. The van der Waals surface area contributed by atoms with Gasteiger partial charge in [0.15, 0.2) is 0 Å². The van der Waals surface area contributed by atoms with E-state index in [2.05, 4.69) is 4.72 Å². The molecule has 0 unspecified atom stereocenters. The highest BCUT2D eigenvalue weighted by atomic mass is 32.2. The van der Waals surface area contributed by atoms with Crippen molar-refractivity contribution in [3.8, 4) is 0 Å². The van der Waals surface area contributed by atoms with E-state index in [4.69, 9.17) is 5.11 Å². The third-order valence-corrected chi connectivity index (χ3v) is 5.35. The van der Waals surface area contributed by atoms with Gasteiger partial charge in [0, 0.05) is 35.5 Å². The maximum absolute atomic E-state index is 11.9. The Labute approximate surface area is 122 Å². The Kier molecular flexibility index (Phi) is 5.88. The molecule has 0 saturated heterocycles. The Morgan fingerprint density at radius 3 is 2.70 bits per heavy atom. The molecule has 1 aromatic heterocycles. The van der Waals surface area contributed by atoms with E-state index >= 15 is 0 Å². The molecule has 112 valence electrons. The lowest BCUT2D eigenvalue weighted by molar-refractivity contribution is -0.131. The van der Waals surface area contributed by atoms with Gasteiger partial charge in [-0.15, -0.1) is 11.3 Å². The molecule has 0 atom stereocenters. The van der Waals surface area contributed by atoms with Crippen molar-refractivity contribution in [2.24, 2.45) is 0 Å². The lowest BCUT2D eigenvalue weighted by Crippen LogP contribution is -2.41. The fourth-order valence-electron chi connectivity index (χ4n) is 1.27. The maximum Gasteiger partial charge on any atom is 0.328 e. The van der Waals surface area contributed by atoms with E-state index in [9.17, 15) is 13.2 Å². The minimum Gasteiger partial charge on any atom is -0.478 e. The highest BCUT2D eigenvalue weighted by Crippen LogP contribution is 2.18. The average Bonchev–Trinajstić information content (AvgIpc) is 2.81. The lowest BCUT2D eigenvalue weighted by atomic mass is 10.4. The van der Waals surface area contributed by atoms with Crippen molar-refractivity contribution >= 4 is 33.6 Å². The van der Waals surface area contributed by atoms with Crippen LogP contribution in [-0.4, -0.2) is 36.9 Å². The number of carboxylic acid groups (broad SMARTS) is 1. The van der Waals surface area contributed by atoms with Crippen molar-refractivity contribution in [3.63, 3.8) is 0 Å². The predicted molar refractivity (Wildman–Crippen MR) is 79.6 cm³/mol. The summed E-state index contributed by atoms with van der Waals surface area (Å²) in [5, 5.41) is 8.53. The number of hydrogen-bond donors (Lipinski definition) is 2. The number of hydrogen-bond acceptors (Lipinski definition) is 4. The first-order valence-corrected chi connectivity index (χ1v) is 8.20. The summed E-state index contributed by atoms with van der Waals surface area (Å²) in [6.07, 6.45) is 2.53. The highest BCUT2D eigenvalue weighted by Gasteiger charge is 2.19. The summed E-state index contributed by atoms with van der Waals surface area (Å²) in [6, 6.07) is 3.40. The van der Waals surface area contributed by atoms with Gasteiger partial charge in [-0.2, -0.15) is 17.4 Å². The summed E-state index contributed by atoms with van der Waals surface area (Å²) in [6.45, 7) is 3.77. The normalized spacial score (nSPS) is 12.7. The zero-order valence-corrected chi connectivity index (χ0v) is 13.2. The van der Waals surface area contributed by atoms with Gasteiger partial charge in [0.1, 0.15) is 0 Å². The molecule has 2 N–H and O–H groups in total. The molecule has 1 heterocycles. The molecular formula is C12H18N2O4S2. The first kappa shape index (κ1) is 16.8. The number of carboxylic acids is 1. The van der Waals surface area contributed by atoms with Crippen LogP contribution in [0, 0.1) is 0 Å². The van der Waals surface area contributed by atoms with Crippen LogP contribution < -0.4 is 4.72 Å². The van der Waals surface area contributed by atoms with Crippen LogP contribution in [-0.2, 0) is 21.5 Å². The summed E-state index contributed by atoms with van der Waals surface area (Å²) in [4.78, 5) is 12.0. The monoisotopic (exact) mass is 318 g/mol. The molecule has 8 heteroatoms. The fraction of sp³-hybridized carbons (Fsp3) is 0.417. The number of aliphatic carboxylic acids is 1. The molecule has 0 aliphatic heterocycles. The lowest BCUT2D eigenvalue weighted by Gasteiger charge is -2.20. The van der Waals surface area contributed by atoms with Gasteiger partial charge in [0.05, 0.1) is 0 Å². The van der Waals surface area contributed by atoms with Gasteiger partial charge >= 0.3 is 5.97 Å². The second kappa shape index (κ2) is 6.98. The fourth-order valence-corrected chi connectivity index (χ4v) is 3.32. The van der Waals surface area contributed by atoms with Crippen LogP contribution in [0.1, 0.15) is 23.6 Å². The average molecular weight is 318 g/mol. The number of thiophene rings is 1. The molecule has 0 amide bonds. The van der Waals surface area contributed by atoms with Gasteiger partial charge in [-0.3, -0.25) is 0 Å². The van der Waals surface area contributed by atoms with Gasteiger partial charge in [0.2, 0.25) is 0 Å². The zero-order chi connectivity index (χ0) is 15.3. The largest absolute Gasteiger partial charge is 0.478 e. The van der Waals surface area contributed by atoms with Gasteiger partial charge in [-0.1, -0.05) is 0 Å². The van der Waals surface area contributed by atoms with E-state index in [0.29, 0.717) is 0 Å². The van der Waals surface area contributed by atoms with Crippen LogP contribution in [0.3, 0.4) is 0 Å². The van der Waals surface area contributed by atoms with Crippen LogP contribution in [0.5, 0.6) is 0 Å². The van der Waals surface area contributed by atoms with E-state index in [1.165, 1.54) is 28.8 Å². The first-order chi connectivity index (χ1) is 9.22. The third-order valence-electron chi connectivity index (χ3n) is 2.61. The molecule has 0 aliphatic rings. The Morgan fingerprint density at radius 1 is 1.50 bits per heavy atom. The molecule has 6 nitrogen and oxygen atoms in total. The molecule has 0 radical (unpaired) electrons. The molecular weight excluding hydrogens is 300 g/mol. The standard InChI is InChI=1S/C12H18N2O4S2/c1-9(2)14(3)20(17,18)13-8-11-5-4-10(19-11)6-7-12(15)16/h4-7,9,13H,8H2,1-3H3,(H,15,16). The molecule has 0 aromatic carbocycles. The minimum atomic E-state index is -3.50. The molecule has 1 aromatic rings. The number of nitrogens with one attached hydrogen (secondary N) is 1. The first-order valence-electron chi connectivity index (χ1n) is 5.94. The van der Waals surface area contributed by atoms with Gasteiger partial charge < -0.3 is 5.11 Å². The second-order valence-electron chi connectivity index (χ2n) is 4.41. The summed E-state index contributed by atoms with van der Waals surface area (Å²) >= 11 is 1.34. The van der Waals surface area contributed by atoms with Crippen molar-refractivity contribution < 1.29 is 18.3 Å². The van der Waals surface area contributed by atoms with Crippen LogP contribution in [0.2, 0.25) is 0 Å². The predicted octanol–water partition coefficient (Wildman–Crippen LogP) is 1.52. The third kappa shape index (κ3) is 5.04. The summed E-state index contributed by atoms with van der Waals surface area (Å²) in [7, 11) is -1.98. The molecule has 0 spiro atoms. The van der Waals surface area contributed by atoms with Crippen molar-refractivity contribution in [1.29, 1.82) is 0 Å². The van der Waals surface area contributed by atoms with Crippen LogP contribution in [0.4, 0.5) is 0 Å². The van der Waals surface area contributed by atoms with Crippen molar-refractivity contribution in [1.82, 2.24) is 9.03 Å². The van der Waals surface area contributed by atoms with E-state index in [1.807, 2.05) is 0 Å². The zero-order valence-electron chi connectivity index (χ0n) is 11.5. The smallest absolute Gasteiger partial charge is 0.328 e. The Morgan fingerprint density at radius 2 is 2.15 bits per heavy atom. The Balaban J connectivity index is 2.65. The summed E-state index contributed by atoms with van der Waals surface area (Å²) in [5.41, 5.74) is 0. The molecule has 1 rings (SSSR count). The highest BCUT2D eigenvalue weighted by molar-refractivity contribution is 7.87. The van der Waals surface area contributed by atoms with E-state index in [-0.39, 0.29) is 12.6 Å². The SMILES string of the molecule is CC(C)N(C)S(=O)(=O)NCc1ccc(C=CC(=O)O)s1. The van der Waals surface area contributed by atoms with Crippen molar-refractivity contribution in [2.45, 2.75) is 26.4 Å². The maximum atomic E-state index is 11.9. The quantitative estimate of drug-likeness (QED) is 0.746. The van der Waals surface area contributed by atoms with Crippen LogP contribution in [0.15, 0.2) is 18.2 Å². The molecule has 0 aliphatic carbocycles. The van der Waals surface area contributed by atoms with Crippen molar-refractivity contribution in [2.75, 3.05) is 7.05 Å². The van der Waals surface area contributed by atoms with E-state index < -0.39 is 16.2 Å². The van der Waals surface area contributed by atoms with E-state index in [0.717, 1.165) is 15.8 Å². The Hall–Kier alpha value is -1.22. The number of rotatable bonds is 7. The van der Waals surface area contributed by atoms with Crippen LogP contribution >= 0.6 is 11.3 Å². The van der Waals surface area contributed by atoms with E-state index in [1.54, 1.807) is 26.0 Å². The van der Waals surface area contributed by atoms with Gasteiger partial charge in [-0.25, -0.2) is 4.79 Å². The molecule has 0 fully saturated rings. The van der Waals surface area contributed by atoms with Crippen LogP contribution in [0.25, 0.3) is 6.08 Å². The number of nitrogens with zero attached hydrogens (tertiary/aromatic N) is 1. The molecule has 0 saturated carbocycles. The second-order valence-corrected chi connectivity index (χ2v) is 7.43. The molecule has 0 bridgehead atoms. The van der Waals surface area contributed by atoms with Gasteiger partial charge in [0.25, 0.3) is 10.2 Å². The van der Waals surface area contributed by atoms with Crippen molar-refractivity contribution in [3.05, 3.63) is 28.0 Å². The van der Waals surface area contributed by atoms with Gasteiger partial charge in [-0.05, 0) is 32.1 Å². The summed E-state index contributed by atoms with van der Waals surface area (Å²) < 4.78 is 27.5.